The van der Waals surface area contributed by atoms with Crippen molar-refractivity contribution >= 4 is 34.8 Å². The molecule has 0 saturated carbocycles. The van der Waals surface area contributed by atoms with Gasteiger partial charge in [-0.05, 0) is 60.9 Å². The van der Waals surface area contributed by atoms with E-state index in [9.17, 15) is 9.59 Å². The number of rotatable bonds is 3. The van der Waals surface area contributed by atoms with Gasteiger partial charge in [-0.3, -0.25) is 9.59 Å². The molecule has 4 rings (SSSR count). The van der Waals surface area contributed by atoms with E-state index in [0.29, 0.717) is 30.2 Å². The lowest BCUT2D eigenvalue weighted by Gasteiger charge is -2.25. The van der Waals surface area contributed by atoms with Gasteiger partial charge in [0, 0.05) is 29.4 Å². The summed E-state index contributed by atoms with van der Waals surface area (Å²) in [6, 6.07) is 12.9. The summed E-state index contributed by atoms with van der Waals surface area (Å²) < 4.78 is 5.68. The molecule has 1 saturated heterocycles. The van der Waals surface area contributed by atoms with Crippen molar-refractivity contribution in [3.05, 3.63) is 53.1 Å². The van der Waals surface area contributed by atoms with Crippen molar-refractivity contribution in [2.45, 2.75) is 19.3 Å². The Balaban J connectivity index is 1.41. The average Bonchev–Trinajstić information content (AvgIpc) is 3.07. The molecular formula is C20H19ClN2O3. The molecule has 2 heterocycles. The van der Waals surface area contributed by atoms with Crippen molar-refractivity contribution < 1.29 is 14.3 Å². The number of fused-ring (bicyclic) bond motifs is 1. The molecule has 2 aromatic rings. The third-order valence-corrected chi connectivity index (χ3v) is 5.05. The second-order valence-electron chi connectivity index (χ2n) is 6.65. The van der Waals surface area contributed by atoms with Gasteiger partial charge in [-0.15, -0.1) is 0 Å². The summed E-state index contributed by atoms with van der Waals surface area (Å²) in [4.78, 5) is 26.1. The third kappa shape index (κ3) is 3.40. The van der Waals surface area contributed by atoms with E-state index in [0.717, 1.165) is 30.0 Å². The van der Waals surface area contributed by atoms with Crippen LogP contribution in [0.1, 0.15) is 18.4 Å². The Morgan fingerprint density at radius 1 is 1.19 bits per heavy atom. The summed E-state index contributed by atoms with van der Waals surface area (Å²) in [6.45, 7) is 1.10. The Morgan fingerprint density at radius 3 is 2.73 bits per heavy atom. The number of amides is 2. The molecule has 0 bridgehead atoms. The van der Waals surface area contributed by atoms with E-state index >= 15 is 0 Å². The number of carbonyl (C=O) groups is 2. The lowest BCUT2D eigenvalue weighted by atomic mass is 9.96. The van der Waals surface area contributed by atoms with Crippen molar-refractivity contribution in [1.82, 2.24) is 0 Å². The van der Waals surface area contributed by atoms with Crippen molar-refractivity contribution in [1.29, 1.82) is 0 Å². The highest BCUT2D eigenvalue weighted by molar-refractivity contribution is 6.30. The van der Waals surface area contributed by atoms with E-state index in [-0.39, 0.29) is 17.7 Å². The van der Waals surface area contributed by atoms with Crippen LogP contribution >= 0.6 is 11.6 Å². The van der Waals surface area contributed by atoms with Crippen molar-refractivity contribution in [3.8, 4) is 5.75 Å². The van der Waals surface area contributed by atoms with Crippen molar-refractivity contribution in [2.75, 3.05) is 23.4 Å². The molecule has 134 valence electrons. The minimum absolute atomic E-state index is 0.0828. The third-order valence-electron chi connectivity index (χ3n) is 4.82. The summed E-state index contributed by atoms with van der Waals surface area (Å²) in [5.41, 5.74) is 2.53. The van der Waals surface area contributed by atoms with Crippen LogP contribution in [0.25, 0.3) is 0 Å². The van der Waals surface area contributed by atoms with Gasteiger partial charge in [-0.2, -0.15) is 0 Å². The monoisotopic (exact) mass is 370 g/mol. The lowest BCUT2D eigenvalue weighted by Crippen LogP contribution is -2.32. The molecule has 0 spiro atoms. The van der Waals surface area contributed by atoms with E-state index in [1.54, 1.807) is 11.0 Å². The fourth-order valence-electron chi connectivity index (χ4n) is 3.42. The van der Waals surface area contributed by atoms with Crippen LogP contribution in [0.15, 0.2) is 42.5 Å². The molecule has 6 heteroatoms. The maximum atomic E-state index is 12.6. The molecule has 0 unspecified atom stereocenters. The van der Waals surface area contributed by atoms with E-state index in [4.69, 9.17) is 16.3 Å². The van der Waals surface area contributed by atoms with E-state index < -0.39 is 0 Å². The SMILES string of the molecule is O=C(Nc1ccc(N2CCCC2=O)cc1)[C@H]1COc2ccc(Cl)cc2C1. The standard InChI is InChI=1S/C20H19ClN2O3/c21-15-3-8-18-13(11-15)10-14(12-26-18)20(25)22-16-4-6-17(7-5-16)23-9-1-2-19(23)24/h3-8,11,14H,1-2,9-10,12H2,(H,22,25)/t14-/m1/s1. The second kappa shape index (κ2) is 7.00. The molecule has 0 aromatic heterocycles. The first-order valence-electron chi connectivity index (χ1n) is 8.73. The Morgan fingerprint density at radius 2 is 2.00 bits per heavy atom. The number of halogens is 1. The second-order valence-corrected chi connectivity index (χ2v) is 7.09. The van der Waals surface area contributed by atoms with Crippen LogP contribution in [-0.4, -0.2) is 25.0 Å². The molecule has 0 aliphatic carbocycles. The molecule has 0 radical (unpaired) electrons. The van der Waals surface area contributed by atoms with Crippen LogP contribution in [0.2, 0.25) is 5.02 Å². The molecule has 1 N–H and O–H groups in total. The zero-order valence-electron chi connectivity index (χ0n) is 14.2. The number of ether oxygens (including phenoxy) is 1. The van der Waals surface area contributed by atoms with E-state index in [2.05, 4.69) is 5.32 Å². The summed E-state index contributed by atoms with van der Waals surface area (Å²) in [5, 5.41) is 3.57. The first-order valence-corrected chi connectivity index (χ1v) is 9.10. The molecule has 1 atom stereocenters. The van der Waals surface area contributed by atoms with E-state index in [1.807, 2.05) is 36.4 Å². The average molecular weight is 371 g/mol. The Bertz CT molecular complexity index is 851. The van der Waals surface area contributed by atoms with Gasteiger partial charge in [-0.1, -0.05) is 11.6 Å². The van der Waals surface area contributed by atoms with Crippen LogP contribution in [0.4, 0.5) is 11.4 Å². The maximum absolute atomic E-state index is 12.6. The lowest BCUT2D eigenvalue weighted by molar-refractivity contribution is -0.121. The molecule has 2 amide bonds. The highest BCUT2D eigenvalue weighted by Gasteiger charge is 2.26. The highest BCUT2D eigenvalue weighted by Crippen LogP contribution is 2.30. The maximum Gasteiger partial charge on any atom is 0.231 e. The van der Waals surface area contributed by atoms with Crippen LogP contribution in [0, 0.1) is 5.92 Å². The topological polar surface area (TPSA) is 58.6 Å². The predicted molar refractivity (Wildman–Crippen MR) is 101 cm³/mol. The number of hydrogen-bond donors (Lipinski definition) is 1. The summed E-state index contributed by atoms with van der Waals surface area (Å²) >= 11 is 6.03. The van der Waals surface area contributed by atoms with E-state index in [1.165, 1.54) is 0 Å². The fourth-order valence-corrected chi connectivity index (χ4v) is 3.62. The van der Waals surface area contributed by atoms with Gasteiger partial charge in [0.1, 0.15) is 12.4 Å². The molecule has 1 fully saturated rings. The number of carbonyl (C=O) groups excluding carboxylic acids is 2. The molecule has 2 aromatic carbocycles. The number of nitrogens with one attached hydrogen (secondary N) is 1. The molecule has 5 nitrogen and oxygen atoms in total. The smallest absolute Gasteiger partial charge is 0.231 e. The fraction of sp³-hybridized carbons (Fsp3) is 0.300. The summed E-state index contributed by atoms with van der Waals surface area (Å²) in [6.07, 6.45) is 2.10. The number of nitrogens with zero attached hydrogens (tertiary/aromatic N) is 1. The molecular weight excluding hydrogens is 352 g/mol. The van der Waals surface area contributed by atoms with Gasteiger partial charge >= 0.3 is 0 Å². The normalized spacial score (nSPS) is 19.0. The Labute approximate surface area is 156 Å². The highest BCUT2D eigenvalue weighted by atomic mass is 35.5. The number of anilines is 2. The van der Waals surface area contributed by atoms with Gasteiger partial charge in [0.05, 0.1) is 5.92 Å². The van der Waals surface area contributed by atoms with Crippen LogP contribution in [-0.2, 0) is 16.0 Å². The zero-order valence-corrected chi connectivity index (χ0v) is 15.0. The number of benzene rings is 2. The largest absolute Gasteiger partial charge is 0.492 e. The number of hydrogen-bond acceptors (Lipinski definition) is 3. The minimum atomic E-state index is -0.263. The zero-order chi connectivity index (χ0) is 18.1. The predicted octanol–water partition coefficient (Wildman–Crippen LogP) is 3.66. The van der Waals surface area contributed by atoms with Gasteiger partial charge in [0.25, 0.3) is 0 Å². The molecule has 2 aliphatic heterocycles. The Hall–Kier alpha value is -2.53. The van der Waals surface area contributed by atoms with Crippen LogP contribution in [0.5, 0.6) is 5.75 Å². The minimum Gasteiger partial charge on any atom is -0.492 e. The van der Waals surface area contributed by atoms with Crippen molar-refractivity contribution in [3.63, 3.8) is 0 Å². The Kier molecular flexibility index (Phi) is 4.55. The summed E-state index contributed by atoms with van der Waals surface area (Å²) in [7, 11) is 0. The molecule has 2 aliphatic rings. The van der Waals surface area contributed by atoms with Gasteiger partial charge in [0.2, 0.25) is 11.8 Å². The van der Waals surface area contributed by atoms with Crippen LogP contribution in [0.3, 0.4) is 0 Å². The summed E-state index contributed by atoms with van der Waals surface area (Å²) in [5.74, 6) is 0.595. The first kappa shape index (κ1) is 16.9. The molecule has 26 heavy (non-hydrogen) atoms. The first-order chi connectivity index (χ1) is 12.6. The van der Waals surface area contributed by atoms with Crippen LogP contribution < -0.4 is 15.0 Å². The van der Waals surface area contributed by atoms with Gasteiger partial charge in [-0.25, -0.2) is 0 Å². The van der Waals surface area contributed by atoms with Gasteiger partial charge in [0.15, 0.2) is 0 Å². The van der Waals surface area contributed by atoms with Gasteiger partial charge < -0.3 is 15.0 Å². The van der Waals surface area contributed by atoms with Crippen molar-refractivity contribution in [2.24, 2.45) is 5.92 Å². The quantitative estimate of drug-likeness (QED) is 0.897.